The molecule has 2 heterocycles. The largest absolute Gasteiger partial charge is 0.369 e. The van der Waals surface area contributed by atoms with E-state index in [0.29, 0.717) is 6.42 Å². The fourth-order valence-electron chi connectivity index (χ4n) is 2.53. The zero-order valence-electron chi connectivity index (χ0n) is 12.0. The van der Waals surface area contributed by atoms with E-state index < -0.39 is 5.54 Å². The summed E-state index contributed by atoms with van der Waals surface area (Å²) in [5.74, 6) is 0.266. The smallest absolute Gasteiger partial charge is 0.231 e. The molecule has 4 nitrogen and oxygen atoms in total. The van der Waals surface area contributed by atoms with E-state index in [2.05, 4.69) is 28.6 Å². The summed E-state index contributed by atoms with van der Waals surface area (Å²) in [6.45, 7) is 1.96. The van der Waals surface area contributed by atoms with Crippen molar-refractivity contribution in [2.75, 3.05) is 7.05 Å². The number of rotatable bonds is 2. The summed E-state index contributed by atoms with van der Waals surface area (Å²) >= 11 is 1.70. The number of benzene rings is 1. The third-order valence-corrected chi connectivity index (χ3v) is 4.78. The maximum Gasteiger partial charge on any atom is 0.231 e. The van der Waals surface area contributed by atoms with E-state index in [0.717, 1.165) is 11.1 Å². The highest BCUT2D eigenvalue weighted by Crippen LogP contribution is 2.35. The van der Waals surface area contributed by atoms with Crippen LogP contribution in [0.2, 0.25) is 0 Å². The molecule has 1 aromatic carbocycles. The Morgan fingerprint density at radius 3 is 2.81 bits per heavy atom. The van der Waals surface area contributed by atoms with E-state index in [1.165, 1.54) is 9.78 Å². The summed E-state index contributed by atoms with van der Waals surface area (Å²) in [5, 5.41) is 2.05. The first-order chi connectivity index (χ1) is 9.99. The Balaban J connectivity index is 2.04. The Morgan fingerprint density at radius 2 is 2.14 bits per heavy atom. The van der Waals surface area contributed by atoms with Crippen molar-refractivity contribution in [1.29, 1.82) is 0 Å². The van der Waals surface area contributed by atoms with Crippen molar-refractivity contribution in [3.8, 4) is 10.4 Å². The lowest BCUT2D eigenvalue weighted by Gasteiger charge is -2.33. The standard InChI is InChI=1S/C16H17N3OS/c1-16(10-14(20)19(2)15(17)18-16)12-6-3-5-11(9-12)13-7-4-8-21-13/h3-9H,10H2,1-2H3,(H2,17,18). The molecule has 0 fully saturated rings. The van der Waals surface area contributed by atoms with Gasteiger partial charge in [-0.05, 0) is 35.6 Å². The van der Waals surface area contributed by atoms with Crippen LogP contribution in [0.1, 0.15) is 18.9 Å². The maximum atomic E-state index is 12.1. The first kappa shape index (κ1) is 13.8. The number of guanidine groups is 1. The van der Waals surface area contributed by atoms with Crippen LogP contribution in [0.4, 0.5) is 0 Å². The van der Waals surface area contributed by atoms with Crippen molar-refractivity contribution in [1.82, 2.24) is 4.90 Å². The Hall–Kier alpha value is -2.14. The normalized spacial score (nSPS) is 22.3. The zero-order chi connectivity index (χ0) is 15.0. The molecule has 1 unspecified atom stereocenters. The van der Waals surface area contributed by atoms with Crippen LogP contribution in [-0.4, -0.2) is 23.8 Å². The molecule has 2 aromatic rings. The number of amides is 1. The molecule has 2 N–H and O–H groups in total. The van der Waals surface area contributed by atoms with E-state index >= 15 is 0 Å². The monoisotopic (exact) mass is 299 g/mol. The van der Waals surface area contributed by atoms with Crippen LogP contribution in [0.5, 0.6) is 0 Å². The van der Waals surface area contributed by atoms with Gasteiger partial charge in [0.15, 0.2) is 5.96 Å². The number of aliphatic imine (C=N–C) groups is 1. The number of hydrogen-bond donors (Lipinski definition) is 1. The second-order valence-electron chi connectivity index (χ2n) is 5.43. The average Bonchev–Trinajstić information content (AvgIpc) is 2.99. The van der Waals surface area contributed by atoms with Gasteiger partial charge in [0.25, 0.3) is 0 Å². The molecule has 0 radical (unpaired) electrons. The van der Waals surface area contributed by atoms with Crippen molar-refractivity contribution in [2.24, 2.45) is 10.7 Å². The third-order valence-electron chi connectivity index (χ3n) is 3.86. The van der Waals surface area contributed by atoms with E-state index in [4.69, 9.17) is 5.73 Å². The number of nitrogens with two attached hydrogens (primary N) is 1. The van der Waals surface area contributed by atoms with E-state index in [-0.39, 0.29) is 11.9 Å². The number of thiophene rings is 1. The molecule has 1 atom stereocenters. The quantitative estimate of drug-likeness (QED) is 0.927. The SMILES string of the molecule is CN1C(=O)CC(C)(c2cccc(-c3cccs3)c2)N=C1N. The molecule has 1 amide bonds. The zero-order valence-corrected chi connectivity index (χ0v) is 12.9. The summed E-state index contributed by atoms with van der Waals surface area (Å²) in [7, 11) is 1.66. The molecule has 0 aliphatic carbocycles. The highest BCUT2D eigenvalue weighted by atomic mass is 32.1. The van der Waals surface area contributed by atoms with Crippen molar-refractivity contribution >= 4 is 23.2 Å². The highest BCUT2D eigenvalue weighted by molar-refractivity contribution is 7.13. The molecule has 1 aliphatic heterocycles. The molecular formula is C16H17N3OS. The van der Waals surface area contributed by atoms with Gasteiger partial charge in [0.2, 0.25) is 5.91 Å². The number of carbonyl (C=O) groups is 1. The van der Waals surface area contributed by atoms with Crippen LogP contribution in [-0.2, 0) is 10.3 Å². The van der Waals surface area contributed by atoms with Crippen molar-refractivity contribution < 1.29 is 4.79 Å². The third kappa shape index (κ3) is 2.45. The Bertz CT molecular complexity index is 708. The van der Waals surface area contributed by atoms with Gasteiger partial charge in [-0.2, -0.15) is 0 Å². The average molecular weight is 299 g/mol. The second-order valence-corrected chi connectivity index (χ2v) is 6.38. The maximum absolute atomic E-state index is 12.1. The summed E-state index contributed by atoms with van der Waals surface area (Å²) in [4.78, 5) is 19.2. The van der Waals surface area contributed by atoms with E-state index in [9.17, 15) is 4.79 Å². The van der Waals surface area contributed by atoms with Gasteiger partial charge < -0.3 is 5.73 Å². The molecule has 0 bridgehead atoms. The molecule has 0 spiro atoms. The fourth-order valence-corrected chi connectivity index (χ4v) is 3.25. The highest BCUT2D eigenvalue weighted by Gasteiger charge is 2.36. The predicted octanol–water partition coefficient (Wildman–Crippen LogP) is 2.81. The van der Waals surface area contributed by atoms with Crippen molar-refractivity contribution in [2.45, 2.75) is 18.9 Å². The molecule has 21 heavy (non-hydrogen) atoms. The Labute approximate surface area is 127 Å². The number of hydrogen-bond acceptors (Lipinski definition) is 4. The summed E-state index contributed by atoms with van der Waals surface area (Å²) in [6.07, 6.45) is 0.331. The van der Waals surface area contributed by atoms with Crippen LogP contribution in [0.15, 0.2) is 46.8 Å². The molecule has 1 aromatic heterocycles. The lowest BCUT2D eigenvalue weighted by Crippen LogP contribution is -2.47. The minimum Gasteiger partial charge on any atom is -0.369 e. The lowest BCUT2D eigenvalue weighted by molar-refractivity contribution is -0.128. The van der Waals surface area contributed by atoms with Crippen LogP contribution in [0.25, 0.3) is 10.4 Å². The van der Waals surface area contributed by atoms with Gasteiger partial charge in [0, 0.05) is 11.9 Å². The minimum atomic E-state index is -0.596. The van der Waals surface area contributed by atoms with Crippen molar-refractivity contribution in [3.05, 3.63) is 47.3 Å². The topological polar surface area (TPSA) is 58.7 Å². The Morgan fingerprint density at radius 1 is 1.33 bits per heavy atom. The van der Waals surface area contributed by atoms with Gasteiger partial charge in [-0.25, -0.2) is 4.99 Å². The van der Waals surface area contributed by atoms with Crippen molar-refractivity contribution in [3.63, 3.8) is 0 Å². The summed E-state index contributed by atoms with van der Waals surface area (Å²) < 4.78 is 0. The van der Waals surface area contributed by atoms with Crippen LogP contribution in [0, 0.1) is 0 Å². The number of nitrogens with zero attached hydrogens (tertiary/aromatic N) is 2. The van der Waals surface area contributed by atoms with Gasteiger partial charge in [0.1, 0.15) is 0 Å². The van der Waals surface area contributed by atoms with Gasteiger partial charge in [-0.1, -0.05) is 24.3 Å². The Kier molecular flexibility index (Phi) is 3.29. The first-order valence-electron chi connectivity index (χ1n) is 6.76. The van der Waals surface area contributed by atoms with E-state index in [1.807, 2.05) is 25.1 Å². The molecule has 108 valence electrons. The van der Waals surface area contributed by atoms with E-state index in [1.54, 1.807) is 18.4 Å². The lowest BCUT2D eigenvalue weighted by atomic mass is 9.86. The van der Waals surface area contributed by atoms with Gasteiger partial charge in [0.05, 0.1) is 12.0 Å². The minimum absolute atomic E-state index is 0.00785. The molecule has 5 heteroatoms. The summed E-state index contributed by atoms with van der Waals surface area (Å²) in [6, 6.07) is 12.3. The second kappa shape index (κ2) is 5.00. The molecule has 0 saturated carbocycles. The van der Waals surface area contributed by atoms with Crippen LogP contribution in [0.3, 0.4) is 0 Å². The number of carbonyl (C=O) groups excluding carboxylic acids is 1. The van der Waals surface area contributed by atoms with Crippen LogP contribution >= 0.6 is 11.3 Å². The van der Waals surface area contributed by atoms with Crippen LogP contribution < -0.4 is 5.73 Å². The molecule has 1 aliphatic rings. The predicted molar refractivity (Wildman–Crippen MR) is 86.1 cm³/mol. The first-order valence-corrected chi connectivity index (χ1v) is 7.64. The molecular weight excluding hydrogens is 282 g/mol. The van der Waals surface area contributed by atoms with Gasteiger partial charge >= 0.3 is 0 Å². The fraction of sp³-hybridized carbons (Fsp3) is 0.250. The van der Waals surface area contributed by atoms with Gasteiger partial charge in [-0.15, -0.1) is 11.3 Å². The molecule has 3 rings (SSSR count). The summed E-state index contributed by atoms with van der Waals surface area (Å²) in [5.41, 5.74) is 7.43. The van der Waals surface area contributed by atoms with Gasteiger partial charge in [-0.3, -0.25) is 9.69 Å². The molecule has 0 saturated heterocycles.